The van der Waals surface area contributed by atoms with Crippen molar-refractivity contribution in [1.29, 1.82) is 0 Å². The molecule has 1 aliphatic rings. The van der Waals surface area contributed by atoms with Crippen LogP contribution in [0.2, 0.25) is 0 Å². The summed E-state index contributed by atoms with van der Waals surface area (Å²) in [6, 6.07) is 16.7. The van der Waals surface area contributed by atoms with Crippen LogP contribution in [0, 0.1) is 5.92 Å². The monoisotopic (exact) mass is 450 g/mol. The number of hydrogen-bond donors (Lipinski definition) is 1. The van der Waals surface area contributed by atoms with Crippen molar-refractivity contribution in [3.05, 3.63) is 66.2 Å². The van der Waals surface area contributed by atoms with Crippen molar-refractivity contribution in [3.63, 3.8) is 0 Å². The van der Waals surface area contributed by atoms with Crippen LogP contribution in [0.5, 0.6) is 5.75 Å². The highest BCUT2D eigenvalue weighted by atomic mass is 16.5. The molecule has 2 aromatic carbocycles. The number of esters is 1. The van der Waals surface area contributed by atoms with Crippen LogP contribution in [0.25, 0.3) is 6.08 Å². The molecule has 1 N–H and O–H groups in total. The summed E-state index contributed by atoms with van der Waals surface area (Å²) in [6.45, 7) is 3.57. The fourth-order valence-corrected chi connectivity index (χ4v) is 3.60. The molecule has 7 nitrogen and oxygen atoms in total. The maximum Gasteiger partial charge on any atom is 0.330 e. The van der Waals surface area contributed by atoms with Crippen LogP contribution >= 0.6 is 0 Å². The number of anilines is 1. The largest absolute Gasteiger partial charge is 0.493 e. The summed E-state index contributed by atoms with van der Waals surface area (Å²) >= 11 is 0. The third kappa shape index (κ3) is 7.79. The smallest absolute Gasteiger partial charge is 0.330 e. The van der Waals surface area contributed by atoms with Gasteiger partial charge in [0.1, 0.15) is 5.75 Å². The summed E-state index contributed by atoms with van der Waals surface area (Å²) in [6.07, 6.45) is 4.64. The van der Waals surface area contributed by atoms with E-state index in [9.17, 15) is 14.4 Å². The third-order valence-corrected chi connectivity index (χ3v) is 5.42. The molecule has 0 unspecified atom stereocenters. The van der Waals surface area contributed by atoms with Crippen LogP contribution in [0.4, 0.5) is 5.69 Å². The van der Waals surface area contributed by atoms with E-state index < -0.39 is 0 Å². The van der Waals surface area contributed by atoms with Gasteiger partial charge in [0, 0.05) is 30.8 Å². The predicted octanol–water partition coefficient (Wildman–Crippen LogP) is 3.91. The molecule has 1 aliphatic heterocycles. The van der Waals surface area contributed by atoms with Crippen molar-refractivity contribution in [1.82, 2.24) is 4.90 Å². The highest BCUT2D eigenvalue weighted by Crippen LogP contribution is 2.21. The Bertz CT molecular complexity index is 948. The number of carbonyl (C=O) groups excluding carboxylic acids is 3. The fraction of sp³-hybridized carbons (Fsp3) is 0.346. The first-order chi connectivity index (χ1) is 16.0. The van der Waals surface area contributed by atoms with Crippen LogP contribution < -0.4 is 10.1 Å². The molecule has 0 spiro atoms. The number of likely N-dealkylation sites (tertiary alicyclic amines) is 1. The first kappa shape index (κ1) is 24.0. The molecule has 174 valence electrons. The van der Waals surface area contributed by atoms with Gasteiger partial charge >= 0.3 is 5.97 Å². The Balaban J connectivity index is 1.39. The Morgan fingerprint density at radius 3 is 2.39 bits per heavy atom. The van der Waals surface area contributed by atoms with Crippen molar-refractivity contribution >= 4 is 29.5 Å². The minimum absolute atomic E-state index is 0.0377. The fourth-order valence-electron chi connectivity index (χ4n) is 3.60. The Kier molecular flexibility index (Phi) is 9.06. The molecule has 0 aromatic heterocycles. The van der Waals surface area contributed by atoms with Gasteiger partial charge in [-0.15, -0.1) is 0 Å². The molecule has 0 radical (unpaired) electrons. The summed E-state index contributed by atoms with van der Waals surface area (Å²) in [5, 5.41) is 2.94. The lowest BCUT2D eigenvalue weighted by atomic mass is 9.95. The molecule has 1 heterocycles. The topological polar surface area (TPSA) is 84.9 Å². The number of hydrogen-bond acceptors (Lipinski definition) is 5. The molecule has 2 amide bonds. The average molecular weight is 451 g/mol. The molecule has 0 aliphatic carbocycles. The van der Waals surface area contributed by atoms with Crippen molar-refractivity contribution in [2.24, 2.45) is 5.92 Å². The van der Waals surface area contributed by atoms with Gasteiger partial charge in [-0.2, -0.15) is 0 Å². The number of piperidine rings is 1. The highest BCUT2D eigenvalue weighted by Gasteiger charge is 2.27. The first-order valence-electron chi connectivity index (χ1n) is 11.3. The van der Waals surface area contributed by atoms with Crippen LogP contribution in [0.3, 0.4) is 0 Å². The number of rotatable bonds is 9. The number of nitrogens with one attached hydrogen (secondary N) is 1. The molecule has 0 bridgehead atoms. The maximum atomic E-state index is 12.6. The van der Waals surface area contributed by atoms with Gasteiger partial charge in [0.2, 0.25) is 11.8 Å². The van der Waals surface area contributed by atoms with Gasteiger partial charge in [-0.1, -0.05) is 30.3 Å². The number of amides is 2. The molecule has 33 heavy (non-hydrogen) atoms. The average Bonchev–Trinajstić information content (AvgIpc) is 2.84. The number of carbonyl (C=O) groups is 3. The van der Waals surface area contributed by atoms with Crippen LogP contribution in [-0.2, 0) is 19.1 Å². The molecular formula is C26H30N2O5. The zero-order valence-corrected chi connectivity index (χ0v) is 18.9. The Hall–Kier alpha value is -3.61. The minimum Gasteiger partial charge on any atom is -0.493 e. The number of ether oxygens (including phenoxy) is 2. The van der Waals surface area contributed by atoms with Crippen LogP contribution in [0.1, 0.15) is 31.7 Å². The lowest BCUT2D eigenvalue weighted by Gasteiger charge is -2.31. The minimum atomic E-state index is -0.386. The van der Waals surface area contributed by atoms with E-state index >= 15 is 0 Å². The molecule has 1 fully saturated rings. The van der Waals surface area contributed by atoms with Crippen molar-refractivity contribution < 1.29 is 23.9 Å². The van der Waals surface area contributed by atoms with Gasteiger partial charge in [0.15, 0.2) is 0 Å². The lowest BCUT2D eigenvalue weighted by molar-refractivity contribution is -0.137. The van der Waals surface area contributed by atoms with E-state index in [0.29, 0.717) is 51.3 Å². The second kappa shape index (κ2) is 12.4. The summed E-state index contributed by atoms with van der Waals surface area (Å²) in [5.41, 5.74) is 1.54. The van der Waals surface area contributed by atoms with Crippen molar-refractivity contribution in [2.75, 3.05) is 31.6 Å². The van der Waals surface area contributed by atoms with Crippen LogP contribution in [-0.4, -0.2) is 49.0 Å². The summed E-state index contributed by atoms with van der Waals surface area (Å²) in [4.78, 5) is 38.3. The molecule has 0 saturated carbocycles. The predicted molar refractivity (Wildman–Crippen MR) is 127 cm³/mol. The van der Waals surface area contributed by atoms with E-state index in [1.54, 1.807) is 25.1 Å². The van der Waals surface area contributed by atoms with E-state index in [4.69, 9.17) is 9.47 Å². The Morgan fingerprint density at radius 2 is 1.73 bits per heavy atom. The zero-order valence-electron chi connectivity index (χ0n) is 18.9. The van der Waals surface area contributed by atoms with Crippen LogP contribution in [0.15, 0.2) is 60.7 Å². The molecule has 3 rings (SSSR count). The van der Waals surface area contributed by atoms with Gasteiger partial charge in [0.25, 0.3) is 0 Å². The SMILES string of the molecule is CCOC(=O)/C=C/c1ccc(NC(=O)C2CCN(C(=O)CCOc3ccccc3)CC2)cc1. The molecule has 2 aromatic rings. The standard InChI is InChI=1S/C26H30N2O5/c1-2-32-25(30)13-10-20-8-11-22(12-9-20)27-26(31)21-14-17-28(18-15-21)24(29)16-19-33-23-6-4-3-5-7-23/h3-13,21H,2,14-19H2,1H3,(H,27,31)/b13-10+. The maximum absolute atomic E-state index is 12.6. The van der Waals surface area contributed by atoms with E-state index in [1.165, 1.54) is 6.08 Å². The molecular weight excluding hydrogens is 420 g/mol. The van der Waals surface area contributed by atoms with E-state index in [2.05, 4.69) is 5.32 Å². The van der Waals surface area contributed by atoms with Gasteiger partial charge in [-0.3, -0.25) is 9.59 Å². The Morgan fingerprint density at radius 1 is 1.03 bits per heavy atom. The van der Waals surface area contributed by atoms with E-state index in [-0.39, 0.29) is 23.7 Å². The quantitative estimate of drug-likeness (QED) is 0.463. The molecule has 0 atom stereocenters. The van der Waals surface area contributed by atoms with Gasteiger partial charge in [0.05, 0.1) is 19.6 Å². The van der Waals surface area contributed by atoms with E-state index in [1.807, 2.05) is 47.4 Å². The second-order valence-electron chi connectivity index (χ2n) is 7.76. The van der Waals surface area contributed by atoms with Gasteiger partial charge in [-0.25, -0.2) is 4.79 Å². The van der Waals surface area contributed by atoms with Gasteiger partial charge < -0.3 is 19.7 Å². The summed E-state index contributed by atoms with van der Waals surface area (Å²) in [5.74, 6) is 0.255. The first-order valence-corrected chi connectivity index (χ1v) is 11.3. The molecule has 1 saturated heterocycles. The normalized spacial score (nSPS) is 14.2. The zero-order chi connectivity index (χ0) is 23.5. The lowest BCUT2D eigenvalue weighted by Crippen LogP contribution is -2.41. The molecule has 7 heteroatoms. The summed E-state index contributed by atoms with van der Waals surface area (Å²) in [7, 11) is 0. The van der Waals surface area contributed by atoms with E-state index in [0.717, 1.165) is 11.3 Å². The number of benzene rings is 2. The van der Waals surface area contributed by atoms with Crippen molar-refractivity contribution in [2.45, 2.75) is 26.2 Å². The van der Waals surface area contributed by atoms with Gasteiger partial charge in [-0.05, 0) is 55.7 Å². The summed E-state index contributed by atoms with van der Waals surface area (Å²) < 4.78 is 10.5. The number of nitrogens with zero attached hydrogens (tertiary/aromatic N) is 1. The third-order valence-electron chi connectivity index (χ3n) is 5.42. The Labute approximate surface area is 194 Å². The van der Waals surface area contributed by atoms with Crippen molar-refractivity contribution in [3.8, 4) is 5.75 Å². The highest BCUT2D eigenvalue weighted by molar-refractivity contribution is 5.93. The second-order valence-corrected chi connectivity index (χ2v) is 7.76. The number of para-hydroxylation sites is 1.